The number of fused-ring (bicyclic) bond motifs is 1. The minimum Gasteiger partial charge on any atom is -0.461 e. The van der Waals surface area contributed by atoms with E-state index in [0.717, 1.165) is 4.90 Å². The minimum absolute atomic E-state index is 0.130. The fourth-order valence-corrected chi connectivity index (χ4v) is 2.40. The van der Waals surface area contributed by atoms with Gasteiger partial charge in [0.05, 0.1) is 29.1 Å². The SMILES string of the molecule is O=C(CN1C(=O)C(=O)c2cccc(Cl)c21)c1ccco1. The van der Waals surface area contributed by atoms with E-state index >= 15 is 0 Å². The van der Waals surface area contributed by atoms with Crippen molar-refractivity contribution < 1.29 is 18.8 Å². The lowest BCUT2D eigenvalue weighted by atomic mass is 10.1. The number of anilines is 1. The van der Waals surface area contributed by atoms with Gasteiger partial charge in [0.25, 0.3) is 11.7 Å². The number of carbonyl (C=O) groups is 3. The molecule has 2 heterocycles. The first-order chi connectivity index (χ1) is 9.59. The first kappa shape index (κ1) is 12.6. The molecule has 1 amide bonds. The molecule has 0 aliphatic carbocycles. The second kappa shape index (κ2) is 4.61. The van der Waals surface area contributed by atoms with Gasteiger partial charge in [-0.15, -0.1) is 0 Å². The molecule has 1 aliphatic rings. The van der Waals surface area contributed by atoms with Gasteiger partial charge < -0.3 is 4.42 Å². The zero-order valence-corrected chi connectivity index (χ0v) is 10.9. The van der Waals surface area contributed by atoms with Crippen molar-refractivity contribution in [3.8, 4) is 0 Å². The van der Waals surface area contributed by atoms with Crippen molar-refractivity contribution in [2.45, 2.75) is 0 Å². The van der Waals surface area contributed by atoms with E-state index in [0.29, 0.717) is 0 Å². The topological polar surface area (TPSA) is 67.6 Å². The molecule has 0 saturated carbocycles. The molecule has 0 radical (unpaired) electrons. The van der Waals surface area contributed by atoms with Gasteiger partial charge in [0.15, 0.2) is 5.76 Å². The highest BCUT2D eigenvalue weighted by Gasteiger charge is 2.38. The summed E-state index contributed by atoms with van der Waals surface area (Å²) in [5.41, 5.74) is 0.499. The van der Waals surface area contributed by atoms with Gasteiger partial charge in [0, 0.05) is 0 Å². The van der Waals surface area contributed by atoms with E-state index in [-0.39, 0.29) is 28.6 Å². The largest absolute Gasteiger partial charge is 0.461 e. The molecule has 1 aliphatic heterocycles. The van der Waals surface area contributed by atoms with Gasteiger partial charge in [-0.3, -0.25) is 19.3 Å². The molecule has 6 heteroatoms. The fourth-order valence-electron chi connectivity index (χ4n) is 2.12. The predicted octanol–water partition coefficient (Wildman–Crippen LogP) is 2.35. The molecule has 0 fully saturated rings. The smallest absolute Gasteiger partial charge is 0.299 e. The van der Waals surface area contributed by atoms with E-state index in [1.807, 2.05) is 0 Å². The number of rotatable bonds is 3. The second-order valence-corrected chi connectivity index (χ2v) is 4.66. The summed E-state index contributed by atoms with van der Waals surface area (Å²) in [6.07, 6.45) is 1.37. The van der Waals surface area contributed by atoms with E-state index in [2.05, 4.69) is 0 Å². The molecule has 0 bridgehead atoms. The summed E-state index contributed by atoms with van der Waals surface area (Å²) in [6.45, 7) is -0.283. The monoisotopic (exact) mass is 289 g/mol. The number of nitrogens with zero attached hydrogens (tertiary/aromatic N) is 1. The van der Waals surface area contributed by atoms with Crippen LogP contribution < -0.4 is 4.90 Å². The lowest BCUT2D eigenvalue weighted by molar-refractivity contribution is -0.114. The molecule has 0 spiro atoms. The first-order valence-corrected chi connectivity index (χ1v) is 6.19. The molecule has 2 aromatic rings. The second-order valence-electron chi connectivity index (χ2n) is 4.26. The average molecular weight is 290 g/mol. The Balaban J connectivity index is 1.97. The lowest BCUT2D eigenvalue weighted by Gasteiger charge is -2.15. The summed E-state index contributed by atoms with van der Waals surface area (Å²) in [5.74, 6) is -1.68. The van der Waals surface area contributed by atoms with Crippen molar-refractivity contribution in [3.63, 3.8) is 0 Å². The molecule has 1 aromatic carbocycles. The van der Waals surface area contributed by atoms with Crippen LogP contribution in [0.1, 0.15) is 20.9 Å². The van der Waals surface area contributed by atoms with E-state index in [1.54, 1.807) is 18.2 Å². The molecule has 20 heavy (non-hydrogen) atoms. The number of hydrogen-bond donors (Lipinski definition) is 0. The summed E-state index contributed by atoms with van der Waals surface area (Å²) in [5, 5.41) is 0.258. The minimum atomic E-state index is -0.756. The number of ketones is 2. The Hall–Kier alpha value is -2.40. The van der Waals surface area contributed by atoms with Crippen LogP contribution in [-0.2, 0) is 4.79 Å². The van der Waals surface area contributed by atoms with Crippen LogP contribution in [0, 0.1) is 0 Å². The summed E-state index contributed by atoms with van der Waals surface area (Å²) >= 11 is 6.02. The Morgan fingerprint density at radius 1 is 1.20 bits per heavy atom. The van der Waals surface area contributed by atoms with Crippen LogP contribution in [0.15, 0.2) is 41.0 Å². The zero-order valence-electron chi connectivity index (χ0n) is 10.1. The predicted molar refractivity (Wildman–Crippen MR) is 71.2 cm³/mol. The number of halogens is 1. The van der Waals surface area contributed by atoms with Crippen LogP contribution in [-0.4, -0.2) is 24.0 Å². The number of Topliss-reactive ketones (excluding diaryl/α,β-unsaturated/α-hetero) is 2. The quantitative estimate of drug-likeness (QED) is 0.642. The molecule has 0 unspecified atom stereocenters. The molecule has 5 nitrogen and oxygen atoms in total. The first-order valence-electron chi connectivity index (χ1n) is 5.81. The van der Waals surface area contributed by atoms with Gasteiger partial charge in [-0.2, -0.15) is 0 Å². The van der Waals surface area contributed by atoms with Crippen molar-refractivity contribution in [2.75, 3.05) is 11.4 Å². The van der Waals surface area contributed by atoms with E-state index in [4.69, 9.17) is 16.0 Å². The highest BCUT2D eigenvalue weighted by atomic mass is 35.5. The molecule has 0 saturated heterocycles. The Kier molecular flexibility index (Phi) is 2.91. The normalized spacial score (nSPS) is 13.8. The zero-order chi connectivity index (χ0) is 14.3. The van der Waals surface area contributed by atoms with E-state index in [1.165, 1.54) is 18.4 Å². The average Bonchev–Trinajstić information content (AvgIpc) is 3.03. The maximum Gasteiger partial charge on any atom is 0.299 e. The molecule has 0 atom stereocenters. The summed E-state index contributed by atoms with van der Waals surface area (Å²) in [6, 6.07) is 7.74. The molecule has 100 valence electrons. The Morgan fingerprint density at radius 3 is 2.70 bits per heavy atom. The maximum absolute atomic E-state index is 12.0. The maximum atomic E-state index is 12.0. The lowest BCUT2D eigenvalue weighted by Crippen LogP contribution is -2.34. The molecule has 0 N–H and O–H groups in total. The van der Waals surface area contributed by atoms with Crippen molar-refractivity contribution in [2.24, 2.45) is 0 Å². The van der Waals surface area contributed by atoms with Crippen LogP contribution in [0.25, 0.3) is 0 Å². The van der Waals surface area contributed by atoms with Gasteiger partial charge in [-0.25, -0.2) is 0 Å². The number of hydrogen-bond acceptors (Lipinski definition) is 4. The van der Waals surface area contributed by atoms with Crippen LogP contribution in [0.3, 0.4) is 0 Å². The Labute approximate surface area is 118 Å². The molecule has 1 aromatic heterocycles. The molecular formula is C14H8ClNO4. The fraction of sp³-hybridized carbons (Fsp3) is 0.0714. The number of carbonyl (C=O) groups excluding carboxylic acids is 3. The third-order valence-corrected chi connectivity index (χ3v) is 3.34. The number of para-hydroxylation sites is 1. The number of amides is 1. The van der Waals surface area contributed by atoms with Crippen molar-refractivity contribution in [1.29, 1.82) is 0 Å². The molecule has 3 rings (SSSR count). The third kappa shape index (κ3) is 1.83. The summed E-state index contributed by atoms with van der Waals surface area (Å²) < 4.78 is 4.98. The Bertz CT molecular complexity index is 721. The van der Waals surface area contributed by atoms with Gasteiger partial charge in [-0.05, 0) is 24.3 Å². The van der Waals surface area contributed by atoms with Crippen molar-refractivity contribution in [3.05, 3.63) is 52.9 Å². The van der Waals surface area contributed by atoms with Crippen LogP contribution in [0.2, 0.25) is 5.02 Å². The van der Waals surface area contributed by atoms with Crippen LogP contribution in [0.5, 0.6) is 0 Å². The standard InChI is InChI=1S/C14H8ClNO4/c15-9-4-1-3-8-12(9)16(14(19)13(8)18)7-10(17)11-5-2-6-20-11/h1-6H,7H2. The van der Waals surface area contributed by atoms with Gasteiger partial charge in [0.1, 0.15) is 0 Å². The van der Waals surface area contributed by atoms with E-state index < -0.39 is 17.5 Å². The van der Waals surface area contributed by atoms with Gasteiger partial charge in [0.2, 0.25) is 5.78 Å². The highest BCUT2D eigenvalue weighted by Crippen LogP contribution is 2.35. The van der Waals surface area contributed by atoms with E-state index in [9.17, 15) is 14.4 Å². The van der Waals surface area contributed by atoms with Crippen LogP contribution >= 0.6 is 11.6 Å². The number of furan rings is 1. The van der Waals surface area contributed by atoms with Gasteiger partial charge in [-0.1, -0.05) is 17.7 Å². The van der Waals surface area contributed by atoms with Crippen LogP contribution in [0.4, 0.5) is 5.69 Å². The third-order valence-electron chi connectivity index (χ3n) is 3.04. The highest BCUT2D eigenvalue weighted by molar-refractivity contribution is 6.54. The van der Waals surface area contributed by atoms with Crippen molar-refractivity contribution >= 4 is 34.8 Å². The summed E-state index contributed by atoms with van der Waals surface area (Å²) in [7, 11) is 0. The molecular weight excluding hydrogens is 282 g/mol. The summed E-state index contributed by atoms with van der Waals surface area (Å²) in [4.78, 5) is 36.9. The van der Waals surface area contributed by atoms with Gasteiger partial charge >= 0.3 is 0 Å². The van der Waals surface area contributed by atoms with Crippen molar-refractivity contribution in [1.82, 2.24) is 0 Å². The number of benzene rings is 1. The Morgan fingerprint density at radius 2 is 2.00 bits per heavy atom.